The first-order chi connectivity index (χ1) is 7.87. The van der Waals surface area contributed by atoms with Crippen LogP contribution >= 0.6 is 0 Å². The van der Waals surface area contributed by atoms with E-state index in [1.54, 1.807) is 0 Å². The van der Waals surface area contributed by atoms with E-state index < -0.39 is 42.5 Å². The Hall–Kier alpha value is -1.27. The van der Waals surface area contributed by atoms with Crippen LogP contribution in [0.1, 0.15) is 34.1 Å². The van der Waals surface area contributed by atoms with Crippen molar-refractivity contribution in [1.82, 2.24) is 4.90 Å². The molecule has 0 atom stereocenters. The molecule has 0 aliphatic heterocycles. The first-order valence-electron chi connectivity index (χ1n) is 5.46. The molecule has 1 amide bonds. The molecule has 0 saturated heterocycles. The van der Waals surface area contributed by atoms with E-state index in [4.69, 9.17) is 5.11 Å². The average molecular weight is 269 g/mol. The Morgan fingerprint density at radius 1 is 1.22 bits per heavy atom. The van der Waals surface area contributed by atoms with Gasteiger partial charge < -0.3 is 10.0 Å². The van der Waals surface area contributed by atoms with Crippen LogP contribution < -0.4 is 0 Å². The van der Waals surface area contributed by atoms with E-state index in [-0.39, 0.29) is 0 Å². The number of hydrogen-bond donors (Lipinski definition) is 1. The van der Waals surface area contributed by atoms with Crippen LogP contribution in [-0.4, -0.2) is 40.6 Å². The maximum Gasteiger partial charge on any atom is 0.406 e. The molecule has 0 aliphatic rings. The Balaban J connectivity index is 4.85. The number of carboxylic acid groups (broad SMARTS) is 1. The van der Waals surface area contributed by atoms with Gasteiger partial charge >= 0.3 is 12.1 Å². The number of halogens is 3. The molecule has 0 heterocycles. The van der Waals surface area contributed by atoms with Crippen LogP contribution in [0, 0.1) is 5.41 Å². The number of carbonyl (C=O) groups is 2. The molecule has 0 spiro atoms. The number of alkyl halides is 3. The lowest BCUT2D eigenvalue weighted by Gasteiger charge is -2.30. The fraction of sp³-hybridized carbons (Fsp3) is 0.818. The summed E-state index contributed by atoms with van der Waals surface area (Å²) in [4.78, 5) is 23.2. The van der Waals surface area contributed by atoms with E-state index in [2.05, 4.69) is 0 Å². The van der Waals surface area contributed by atoms with E-state index in [1.165, 1.54) is 27.7 Å². The van der Waals surface area contributed by atoms with Crippen LogP contribution in [0.2, 0.25) is 0 Å². The van der Waals surface area contributed by atoms with Crippen molar-refractivity contribution in [2.24, 2.45) is 5.41 Å². The topological polar surface area (TPSA) is 57.6 Å². The quantitative estimate of drug-likeness (QED) is 0.833. The summed E-state index contributed by atoms with van der Waals surface area (Å²) in [6.45, 7) is 4.16. The van der Waals surface area contributed by atoms with Gasteiger partial charge in [0, 0.05) is 12.5 Å². The number of hydrogen-bond acceptors (Lipinski definition) is 2. The molecule has 0 aromatic carbocycles. The van der Waals surface area contributed by atoms with Gasteiger partial charge in [-0.25, -0.2) is 0 Å². The summed E-state index contributed by atoms with van der Waals surface area (Å²) in [5, 5.41) is 8.85. The third-order valence-electron chi connectivity index (χ3n) is 2.47. The molecule has 4 nitrogen and oxygen atoms in total. The number of nitrogens with zero attached hydrogens (tertiary/aromatic N) is 1. The van der Waals surface area contributed by atoms with Gasteiger partial charge in [-0.1, -0.05) is 0 Å². The summed E-state index contributed by atoms with van der Waals surface area (Å²) >= 11 is 0. The van der Waals surface area contributed by atoms with Gasteiger partial charge in [-0.15, -0.1) is 0 Å². The summed E-state index contributed by atoms with van der Waals surface area (Å²) in [5.74, 6) is -2.03. The average Bonchev–Trinajstić information content (AvgIpc) is 2.11. The Morgan fingerprint density at radius 2 is 1.67 bits per heavy atom. The van der Waals surface area contributed by atoms with E-state index in [1.807, 2.05) is 0 Å². The van der Waals surface area contributed by atoms with Crippen molar-refractivity contribution >= 4 is 11.9 Å². The Kier molecular flexibility index (Phi) is 5.19. The summed E-state index contributed by atoms with van der Waals surface area (Å²) < 4.78 is 36.9. The molecule has 0 bridgehead atoms. The highest BCUT2D eigenvalue weighted by Crippen LogP contribution is 2.24. The molecular weight excluding hydrogens is 251 g/mol. The lowest BCUT2D eigenvalue weighted by Crippen LogP contribution is -2.45. The molecule has 0 aromatic rings. The summed E-state index contributed by atoms with van der Waals surface area (Å²) in [6.07, 6.45) is -4.95. The monoisotopic (exact) mass is 269 g/mol. The van der Waals surface area contributed by atoms with Gasteiger partial charge in [0.25, 0.3) is 0 Å². The van der Waals surface area contributed by atoms with Crippen LogP contribution in [-0.2, 0) is 9.59 Å². The van der Waals surface area contributed by atoms with Crippen LogP contribution in [0.15, 0.2) is 0 Å². The zero-order valence-corrected chi connectivity index (χ0v) is 10.8. The Bertz CT molecular complexity index is 324. The SMILES string of the molecule is CC(C)N(CC(F)(F)F)C(=O)CC(C)(C)C(=O)O. The van der Waals surface area contributed by atoms with Crippen molar-refractivity contribution in [2.75, 3.05) is 6.54 Å². The molecule has 18 heavy (non-hydrogen) atoms. The minimum Gasteiger partial charge on any atom is -0.481 e. The molecule has 0 unspecified atom stereocenters. The molecule has 0 fully saturated rings. The highest BCUT2D eigenvalue weighted by molar-refractivity contribution is 5.84. The van der Waals surface area contributed by atoms with Crippen molar-refractivity contribution in [3.8, 4) is 0 Å². The maximum atomic E-state index is 12.3. The fourth-order valence-corrected chi connectivity index (χ4v) is 1.31. The van der Waals surface area contributed by atoms with Gasteiger partial charge in [0.05, 0.1) is 5.41 Å². The third-order valence-corrected chi connectivity index (χ3v) is 2.47. The van der Waals surface area contributed by atoms with Gasteiger partial charge in [0.2, 0.25) is 5.91 Å². The summed E-state index contributed by atoms with van der Waals surface area (Å²) in [5.41, 5.74) is -1.38. The first kappa shape index (κ1) is 16.7. The van der Waals surface area contributed by atoms with Crippen molar-refractivity contribution in [1.29, 1.82) is 0 Å². The second-order valence-electron chi connectivity index (χ2n) is 5.10. The van der Waals surface area contributed by atoms with Crippen LogP contribution in [0.4, 0.5) is 13.2 Å². The molecule has 0 radical (unpaired) electrons. The third kappa shape index (κ3) is 5.37. The number of rotatable bonds is 5. The normalized spacial score (nSPS) is 12.7. The van der Waals surface area contributed by atoms with Crippen molar-refractivity contribution in [3.63, 3.8) is 0 Å². The van der Waals surface area contributed by atoms with E-state index >= 15 is 0 Å². The van der Waals surface area contributed by atoms with Crippen molar-refractivity contribution in [3.05, 3.63) is 0 Å². The molecule has 0 aliphatic carbocycles. The lowest BCUT2D eigenvalue weighted by molar-refractivity contribution is -0.167. The number of carbonyl (C=O) groups excluding carboxylic acids is 1. The van der Waals surface area contributed by atoms with Gasteiger partial charge in [-0.05, 0) is 27.7 Å². The number of carboxylic acids is 1. The van der Waals surface area contributed by atoms with Gasteiger partial charge in [0.15, 0.2) is 0 Å². The summed E-state index contributed by atoms with van der Waals surface area (Å²) in [7, 11) is 0. The second-order valence-corrected chi connectivity index (χ2v) is 5.10. The lowest BCUT2D eigenvalue weighted by atomic mass is 9.89. The fourth-order valence-electron chi connectivity index (χ4n) is 1.31. The Morgan fingerprint density at radius 3 is 1.94 bits per heavy atom. The van der Waals surface area contributed by atoms with Crippen molar-refractivity contribution in [2.45, 2.75) is 46.3 Å². The Labute approximate surface area is 104 Å². The summed E-state index contributed by atoms with van der Waals surface area (Å²) in [6, 6.07) is -0.635. The minimum absolute atomic E-state index is 0.462. The van der Waals surface area contributed by atoms with Crippen LogP contribution in [0.5, 0.6) is 0 Å². The molecule has 0 rings (SSSR count). The largest absolute Gasteiger partial charge is 0.481 e. The van der Waals surface area contributed by atoms with Crippen LogP contribution in [0.25, 0.3) is 0 Å². The molecule has 7 heteroatoms. The molecule has 1 N–H and O–H groups in total. The molecule has 0 aromatic heterocycles. The van der Waals surface area contributed by atoms with Gasteiger partial charge in [-0.2, -0.15) is 13.2 Å². The number of aliphatic carboxylic acids is 1. The zero-order chi connectivity index (χ0) is 14.7. The predicted octanol–water partition coefficient (Wildman–Crippen LogP) is 2.29. The second kappa shape index (κ2) is 5.58. The van der Waals surface area contributed by atoms with Crippen molar-refractivity contribution < 1.29 is 27.9 Å². The standard InChI is InChI=1S/C11H18F3NO3/c1-7(2)15(6-11(12,13)14)8(16)5-10(3,4)9(17)18/h7H,5-6H2,1-4H3,(H,17,18). The molecule has 0 saturated carbocycles. The smallest absolute Gasteiger partial charge is 0.406 e. The highest BCUT2D eigenvalue weighted by Gasteiger charge is 2.37. The highest BCUT2D eigenvalue weighted by atomic mass is 19.4. The minimum atomic E-state index is -4.49. The van der Waals surface area contributed by atoms with Crippen LogP contribution in [0.3, 0.4) is 0 Å². The maximum absolute atomic E-state index is 12.3. The van der Waals surface area contributed by atoms with E-state index in [0.29, 0.717) is 4.90 Å². The zero-order valence-electron chi connectivity index (χ0n) is 10.8. The molecule has 106 valence electrons. The predicted molar refractivity (Wildman–Crippen MR) is 58.9 cm³/mol. The van der Waals surface area contributed by atoms with Gasteiger partial charge in [0.1, 0.15) is 6.54 Å². The molecular formula is C11H18F3NO3. The van der Waals surface area contributed by atoms with E-state index in [9.17, 15) is 22.8 Å². The van der Waals surface area contributed by atoms with E-state index in [0.717, 1.165) is 0 Å². The van der Waals surface area contributed by atoms with Gasteiger partial charge in [-0.3, -0.25) is 9.59 Å². The first-order valence-corrected chi connectivity index (χ1v) is 5.46. The number of amides is 1.